The van der Waals surface area contributed by atoms with Crippen LogP contribution < -0.4 is 15.0 Å². The second-order valence-corrected chi connectivity index (χ2v) is 12.4. The van der Waals surface area contributed by atoms with E-state index in [0.717, 1.165) is 28.7 Å². The smallest absolute Gasteiger partial charge is 0.418 e. The first-order valence-electron chi connectivity index (χ1n) is 14.0. The van der Waals surface area contributed by atoms with Crippen molar-refractivity contribution in [1.82, 2.24) is 4.57 Å². The average Bonchev–Trinajstić information content (AvgIpc) is 3.69. The zero-order chi connectivity index (χ0) is 29.6. The van der Waals surface area contributed by atoms with Crippen molar-refractivity contribution in [2.75, 3.05) is 30.5 Å². The van der Waals surface area contributed by atoms with E-state index in [1.54, 1.807) is 29.7 Å². The SMILES string of the molecule is COC(=O)[C@H]1CCCN1c1cc2c(cc1C(=O)Nc1ccc3c(ccn3C(=O)OC(C)(C)C)c1)-c1sccc1CCO2. The number of nitrogens with one attached hydrogen (secondary N) is 1. The quantitative estimate of drug-likeness (QED) is 0.273. The van der Waals surface area contributed by atoms with Crippen LogP contribution in [0.2, 0.25) is 0 Å². The molecule has 1 saturated heterocycles. The van der Waals surface area contributed by atoms with Crippen molar-refractivity contribution in [1.29, 1.82) is 0 Å². The fraction of sp³-hybridized carbons (Fsp3) is 0.344. The number of rotatable bonds is 4. The van der Waals surface area contributed by atoms with E-state index in [-0.39, 0.29) is 11.9 Å². The number of aromatic nitrogens is 1. The number of esters is 1. The van der Waals surface area contributed by atoms with Crippen LogP contribution in [0.4, 0.5) is 16.2 Å². The minimum Gasteiger partial charge on any atom is -0.492 e. The third-order valence-electron chi connectivity index (χ3n) is 7.54. The van der Waals surface area contributed by atoms with Gasteiger partial charge in [-0.05, 0) is 81.0 Å². The lowest BCUT2D eigenvalue weighted by molar-refractivity contribution is -0.141. The molecule has 42 heavy (non-hydrogen) atoms. The number of carbonyl (C=O) groups is 3. The third kappa shape index (κ3) is 5.22. The Bertz CT molecular complexity index is 1700. The highest BCUT2D eigenvalue weighted by Gasteiger charge is 2.35. The predicted molar refractivity (Wildman–Crippen MR) is 163 cm³/mol. The minimum atomic E-state index is -0.621. The molecule has 4 heterocycles. The summed E-state index contributed by atoms with van der Waals surface area (Å²) in [5, 5.41) is 5.88. The molecule has 10 heteroatoms. The number of methoxy groups -OCH3 is 1. The molecule has 0 radical (unpaired) electrons. The van der Waals surface area contributed by atoms with Crippen LogP contribution in [-0.4, -0.2) is 54.4 Å². The van der Waals surface area contributed by atoms with Crippen molar-refractivity contribution >= 4 is 51.6 Å². The molecule has 1 amide bonds. The molecule has 4 aromatic rings. The Morgan fingerprint density at radius 1 is 1.10 bits per heavy atom. The number of hydrogen-bond acceptors (Lipinski definition) is 8. The van der Waals surface area contributed by atoms with Crippen molar-refractivity contribution in [3.63, 3.8) is 0 Å². The second-order valence-electron chi connectivity index (χ2n) is 11.5. The van der Waals surface area contributed by atoms with Crippen LogP contribution in [-0.2, 0) is 20.7 Å². The number of benzene rings is 2. The van der Waals surface area contributed by atoms with Gasteiger partial charge >= 0.3 is 12.1 Å². The minimum absolute atomic E-state index is 0.309. The molecule has 0 unspecified atom stereocenters. The summed E-state index contributed by atoms with van der Waals surface area (Å²) in [5.74, 6) is 0.0648. The van der Waals surface area contributed by atoms with E-state index in [1.165, 1.54) is 17.2 Å². The van der Waals surface area contributed by atoms with Crippen LogP contribution in [0.25, 0.3) is 21.3 Å². The third-order valence-corrected chi connectivity index (χ3v) is 8.53. The van der Waals surface area contributed by atoms with Crippen LogP contribution in [0.5, 0.6) is 5.75 Å². The van der Waals surface area contributed by atoms with Crippen LogP contribution >= 0.6 is 11.3 Å². The summed E-state index contributed by atoms with van der Waals surface area (Å²) in [4.78, 5) is 42.4. The Morgan fingerprint density at radius 2 is 1.93 bits per heavy atom. The summed E-state index contributed by atoms with van der Waals surface area (Å²) in [6.45, 7) is 6.61. The second kappa shape index (κ2) is 10.8. The van der Waals surface area contributed by atoms with Crippen LogP contribution in [0, 0.1) is 0 Å². The first kappa shape index (κ1) is 27.8. The van der Waals surface area contributed by atoms with E-state index in [1.807, 2.05) is 49.9 Å². The fourth-order valence-corrected chi connectivity index (χ4v) is 6.63. The largest absolute Gasteiger partial charge is 0.492 e. The normalized spacial score (nSPS) is 16.3. The summed E-state index contributed by atoms with van der Waals surface area (Å²) in [7, 11) is 1.39. The van der Waals surface area contributed by atoms with Crippen LogP contribution in [0.3, 0.4) is 0 Å². The van der Waals surface area contributed by atoms with Gasteiger partial charge in [0, 0.05) is 46.7 Å². The topological polar surface area (TPSA) is 99.1 Å². The van der Waals surface area contributed by atoms with E-state index in [9.17, 15) is 14.4 Å². The summed E-state index contributed by atoms with van der Waals surface area (Å²) in [6.07, 6.45) is 3.42. The van der Waals surface area contributed by atoms with Gasteiger partial charge in [-0.1, -0.05) is 0 Å². The summed E-state index contributed by atoms with van der Waals surface area (Å²) in [6, 6.07) is 12.6. The van der Waals surface area contributed by atoms with Crippen molar-refractivity contribution in [3.8, 4) is 16.2 Å². The van der Waals surface area contributed by atoms with E-state index in [4.69, 9.17) is 14.2 Å². The number of thiophene rings is 1. The zero-order valence-corrected chi connectivity index (χ0v) is 24.9. The van der Waals surface area contributed by atoms with Gasteiger partial charge in [-0.2, -0.15) is 0 Å². The lowest BCUT2D eigenvalue weighted by Gasteiger charge is -2.28. The van der Waals surface area contributed by atoms with Gasteiger partial charge in [0.1, 0.15) is 17.4 Å². The molecule has 2 aromatic heterocycles. The number of amides is 1. The maximum absolute atomic E-state index is 14.0. The Labute approximate surface area is 248 Å². The Balaban J connectivity index is 1.37. The lowest BCUT2D eigenvalue weighted by atomic mass is 10.0. The highest BCUT2D eigenvalue weighted by atomic mass is 32.1. The molecular weight excluding hydrogens is 554 g/mol. The molecule has 1 fully saturated rings. The van der Waals surface area contributed by atoms with Gasteiger partial charge in [0.25, 0.3) is 5.91 Å². The number of carbonyl (C=O) groups excluding carboxylic acids is 3. The molecule has 2 aliphatic rings. The van der Waals surface area contributed by atoms with E-state index in [2.05, 4.69) is 16.8 Å². The average molecular weight is 588 g/mol. The maximum Gasteiger partial charge on any atom is 0.418 e. The summed E-state index contributed by atoms with van der Waals surface area (Å²) in [5.41, 5.74) is 3.76. The zero-order valence-electron chi connectivity index (χ0n) is 24.1. The molecule has 1 atom stereocenters. The number of ether oxygens (including phenoxy) is 3. The molecule has 0 bridgehead atoms. The number of fused-ring (bicyclic) bond motifs is 4. The fourth-order valence-electron chi connectivity index (χ4n) is 5.65. The van der Waals surface area contributed by atoms with E-state index < -0.39 is 17.7 Å². The Hall–Kier alpha value is -4.31. The van der Waals surface area contributed by atoms with Gasteiger partial charge in [0.2, 0.25) is 0 Å². The number of hydrogen-bond donors (Lipinski definition) is 1. The predicted octanol–water partition coefficient (Wildman–Crippen LogP) is 6.48. The van der Waals surface area contributed by atoms with Crippen molar-refractivity contribution in [3.05, 3.63) is 65.2 Å². The molecule has 2 aromatic carbocycles. The molecule has 0 spiro atoms. The number of nitrogens with zero attached hydrogens (tertiary/aromatic N) is 2. The van der Waals surface area contributed by atoms with Crippen molar-refractivity contribution < 1.29 is 28.6 Å². The monoisotopic (exact) mass is 587 g/mol. The van der Waals surface area contributed by atoms with Crippen molar-refractivity contribution in [2.24, 2.45) is 0 Å². The van der Waals surface area contributed by atoms with Gasteiger partial charge in [-0.25, -0.2) is 9.59 Å². The highest BCUT2D eigenvalue weighted by molar-refractivity contribution is 7.13. The molecule has 6 rings (SSSR count). The van der Waals surface area contributed by atoms with Crippen LogP contribution in [0.1, 0.15) is 49.5 Å². The van der Waals surface area contributed by atoms with Gasteiger partial charge in [0.05, 0.1) is 30.5 Å². The number of anilines is 2. The van der Waals surface area contributed by atoms with Gasteiger partial charge in [-0.15, -0.1) is 11.3 Å². The molecule has 9 nitrogen and oxygen atoms in total. The highest BCUT2D eigenvalue weighted by Crippen LogP contribution is 2.44. The van der Waals surface area contributed by atoms with Crippen LogP contribution in [0.15, 0.2) is 54.0 Å². The van der Waals surface area contributed by atoms with Gasteiger partial charge in [0.15, 0.2) is 0 Å². The molecular formula is C32H33N3O6S. The summed E-state index contributed by atoms with van der Waals surface area (Å²) < 4.78 is 18.2. The molecule has 0 saturated carbocycles. The van der Waals surface area contributed by atoms with E-state index in [0.29, 0.717) is 47.8 Å². The molecule has 0 aliphatic carbocycles. The first-order chi connectivity index (χ1) is 20.1. The Morgan fingerprint density at radius 3 is 2.71 bits per heavy atom. The molecule has 2 aliphatic heterocycles. The van der Waals surface area contributed by atoms with Gasteiger partial charge in [-0.3, -0.25) is 9.36 Å². The molecule has 1 N–H and O–H groups in total. The Kier molecular flexibility index (Phi) is 7.18. The standard InChI is InChI=1S/C32H33N3O6S/c1-32(2,3)41-31(38)35-13-9-20-16-21(7-8-24(20)35)33-29(36)22-17-23-27(40-14-10-19-11-15-42-28(19)23)18-26(22)34-12-5-6-25(34)30(37)39-4/h7-9,11,13,15-18,25H,5-6,10,12,14H2,1-4H3,(H,33,36)/t25-/m1/s1. The first-order valence-corrected chi connectivity index (χ1v) is 14.9. The van der Waals surface area contributed by atoms with Gasteiger partial charge < -0.3 is 24.4 Å². The maximum atomic E-state index is 14.0. The summed E-state index contributed by atoms with van der Waals surface area (Å²) >= 11 is 1.62. The van der Waals surface area contributed by atoms with E-state index >= 15 is 0 Å². The molecule has 218 valence electrons. The lowest BCUT2D eigenvalue weighted by Crippen LogP contribution is -2.38. The van der Waals surface area contributed by atoms with Crippen molar-refractivity contribution in [2.45, 2.75) is 51.7 Å².